The van der Waals surface area contributed by atoms with E-state index in [4.69, 9.17) is 9.47 Å². The van der Waals surface area contributed by atoms with E-state index in [1.165, 1.54) is 17.0 Å². The number of carbonyl (C=O) groups excluding carboxylic acids is 1. The summed E-state index contributed by atoms with van der Waals surface area (Å²) in [7, 11) is 1.60. The first-order valence-electron chi connectivity index (χ1n) is 8.21. The summed E-state index contributed by atoms with van der Waals surface area (Å²) in [5, 5.41) is 6.94. The minimum Gasteiger partial charge on any atom is -0.383 e. The van der Waals surface area contributed by atoms with E-state index >= 15 is 0 Å². The summed E-state index contributed by atoms with van der Waals surface area (Å²) in [6.45, 7) is 1.89. The molecule has 3 rings (SSSR count). The lowest BCUT2D eigenvalue weighted by molar-refractivity contribution is -0.0152. The highest BCUT2D eigenvalue weighted by Gasteiger charge is 2.27. The third-order valence-corrected chi connectivity index (χ3v) is 4.06. The van der Waals surface area contributed by atoms with E-state index in [9.17, 15) is 13.6 Å². The number of anilines is 1. The third kappa shape index (κ3) is 4.36. The van der Waals surface area contributed by atoms with Gasteiger partial charge in [0.25, 0.3) is 0 Å². The van der Waals surface area contributed by atoms with Crippen LogP contribution >= 0.6 is 0 Å². The SMILES string of the molecule is COCCn1ccc(NC(=O)N2CCOC(c3ccc(F)cc3F)C2)n1. The van der Waals surface area contributed by atoms with Gasteiger partial charge in [-0.05, 0) is 6.07 Å². The molecule has 2 aromatic rings. The predicted molar refractivity (Wildman–Crippen MR) is 89.7 cm³/mol. The van der Waals surface area contributed by atoms with Gasteiger partial charge in [-0.2, -0.15) is 5.10 Å². The fourth-order valence-corrected chi connectivity index (χ4v) is 2.71. The molecule has 1 aliphatic rings. The summed E-state index contributed by atoms with van der Waals surface area (Å²) < 4.78 is 39.2. The minimum absolute atomic E-state index is 0.165. The molecular weight excluding hydrogens is 346 g/mol. The normalized spacial score (nSPS) is 17.3. The van der Waals surface area contributed by atoms with Crippen LogP contribution in [0.2, 0.25) is 0 Å². The predicted octanol–water partition coefficient (Wildman–Crippen LogP) is 2.41. The Kier molecular flexibility index (Phi) is 5.79. The zero-order valence-corrected chi connectivity index (χ0v) is 14.3. The smallest absolute Gasteiger partial charge is 0.323 e. The zero-order valence-electron chi connectivity index (χ0n) is 14.3. The van der Waals surface area contributed by atoms with Crippen LogP contribution in [0, 0.1) is 11.6 Å². The Morgan fingerprint density at radius 3 is 3.04 bits per heavy atom. The third-order valence-electron chi connectivity index (χ3n) is 4.06. The minimum atomic E-state index is -0.686. The highest BCUT2D eigenvalue weighted by atomic mass is 19.1. The fourth-order valence-electron chi connectivity index (χ4n) is 2.71. The van der Waals surface area contributed by atoms with E-state index in [1.54, 1.807) is 24.1 Å². The Labute approximate surface area is 149 Å². The highest BCUT2D eigenvalue weighted by Crippen LogP contribution is 2.25. The number of urea groups is 1. The average molecular weight is 366 g/mol. The van der Waals surface area contributed by atoms with Crippen LogP contribution in [0.5, 0.6) is 0 Å². The van der Waals surface area contributed by atoms with Crippen LogP contribution in [-0.2, 0) is 16.0 Å². The fraction of sp³-hybridized carbons (Fsp3) is 0.412. The largest absolute Gasteiger partial charge is 0.383 e. The second-order valence-electron chi connectivity index (χ2n) is 5.86. The number of amides is 2. The topological polar surface area (TPSA) is 68.6 Å². The zero-order chi connectivity index (χ0) is 18.5. The van der Waals surface area contributed by atoms with Gasteiger partial charge >= 0.3 is 6.03 Å². The Bertz CT molecular complexity index is 768. The molecule has 0 radical (unpaired) electrons. The average Bonchev–Trinajstić information content (AvgIpc) is 3.07. The van der Waals surface area contributed by atoms with Gasteiger partial charge < -0.3 is 14.4 Å². The molecule has 9 heteroatoms. The van der Waals surface area contributed by atoms with Crippen molar-refractivity contribution in [3.05, 3.63) is 47.7 Å². The molecule has 1 aromatic heterocycles. The summed E-state index contributed by atoms with van der Waals surface area (Å²) in [6, 6.07) is 4.66. The van der Waals surface area contributed by atoms with Crippen molar-refractivity contribution in [2.24, 2.45) is 0 Å². The van der Waals surface area contributed by atoms with Crippen LogP contribution in [0.1, 0.15) is 11.7 Å². The van der Waals surface area contributed by atoms with E-state index in [0.29, 0.717) is 25.5 Å². The van der Waals surface area contributed by atoms with Gasteiger partial charge in [0, 0.05) is 37.5 Å². The van der Waals surface area contributed by atoms with Crippen molar-refractivity contribution in [2.45, 2.75) is 12.6 Å². The van der Waals surface area contributed by atoms with Crippen LogP contribution in [0.4, 0.5) is 19.4 Å². The maximum atomic E-state index is 14.0. The second-order valence-corrected chi connectivity index (χ2v) is 5.86. The van der Waals surface area contributed by atoms with Gasteiger partial charge in [-0.1, -0.05) is 6.07 Å². The molecule has 2 heterocycles. The Morgan fingerprint density at radius 2 is 2.27 bits per heavy atom. The summed E-state index contributed by atoms with van der Waals surface area (Å²) in [5.41, 5.74) is 0.229. The lowest BCUT2D eigenvalue weighted by Gasteiger charge is -2.33. The molecule has 1 fully saturated rings. The van der Waals surface area contributed by atoms with E-state index in [1.807, 2.05) is 0 Å². The number of methoxy groups -OCH3 is 1. The van der Waals surface area contributed by atoms with Gasteiger partial charge in [-0.25, -0.2) is 13.6 Å². The van der Waals surface area contributed by atoms with E-state index in [2.05, 4.69) is 10.4 Å². The second kappa shape index (κ2) is 8.24. The van der Waals surface area contributed by atoms with Crippen molar-refractivity contribution < 1.29 is 23.0 Å². The van der Waals surface area contributed by atoms with Crippen molar-refractivity contribution in [1.29, 1.82) is 0 Å². The molecule has 7 nitrogen and oxygen atoms in total. The first-order valence-corrected chi connectivity index (χ1v) is 8.21. The van der Waals surface area contributed by atoms with Gasteiger partial charge in [0.1, 0.15) is 17.7 Å². The Balaban J connectivity index is 1.61. The van der Waals surface area contributed by atoms with Crippen molar-refractivity contribution in [2.75, 3.05) is 38.7 Å². The Hall–Kier alpha value is -2.52. The van der Waals surface area contributed by atoms with Crippen LogP contribution < -0.4 is 5.32 Å². The van der Waals surface area contributed by atoms with Crippen LogP contribution in [-0.4, -0.2) is 54.1 Å². The number of hydrogen-bond acceptors (Lipinski definition) is 4. The van der Waals surface area contributed by atoms with Crippen molar-refractivity contribution >= 4 is 11.8 Å². The van der Waals surface area contributed by atoms with Crippen molar-refractivity contribution in [3.63, 3.8) is 0 Å². The van der Waals surface area contributed by atoms with Crippen molar-refractivity contribution in [1.82, 2.24) is 14.7 Å². The lowest BCUT2D eigenvalue weighted by Crippen LogP contribution is -2.44. The number of halogens is 2. The highest BCUT2D eigenvalue weighted by molar-refractivity contribution is 5.88. The molecule has 0 aliphatic carbocycles. The standard InChI is InChI=1S/C17H20F2N4O3/c1-25-8-7-23-5-4-16(21-23)20-17(24)22-6-9-26-15(11-22)13-3-2-12(18)10-14(13)19/h2-5,10,15H,6-9,11H2,1H3,(H,20,21,24). The van der Waals surface area contributed by atoms with Crippen LogP contribution in [0.3, 0.4) is 0 Å². The van der Waals surface area contributed by atoms with Gasteiger partial charge in [0.05, 0.1) is 26.3 Å². The van der Waals surface area contributed by atoms with E-state index in [-0.39, 0.29) is 24.7 Å². The quantitative estimate of drug-likeness (QED) is 0.882. The van der Waals surface area contributed by atoms with E-state index < -0.39 is 17.7 Å². The van der Waals surface area contributed by atoms with Gasteiger partial charge in [-0.15, -0.1) is 0 Å². The Morgan fingerprint density at radius 1 is 1.42 bits per heavy atom. The number of carbonyl (C=O) groups is 1. The summed E-state index contributed by atoms with van der Waals surface area (Å²) in [6.07, 6.45) is 1.10. The molecule has 1 saturated heterocycles. The number of hydrogen-bond donors (Lipinski definition) is 1. The van der Waals surface area contributed by atoms with Gasteiger partial charge in [-0.3, -0.25) is 10.00 Å². The molecule has 140 valence electrons. The van der Waals surface area contributed by atoms with Gasteiger partial charge in [0.2, 0.25) is 0 Å². The number of benzene rings is 1. The molecule has 1 atom stereocenters. The number of aromatic nitrogens is 2. The maximum absolute atomic E-state index is 14.0. The first-order chi connectivity index (χ1) is 12.6. The van der Waals surface area contributed by atoms with Crippen LogP contribution in [0.15, 0.2) is 30.5 Å². The molecule has 0 bridgehead atoms. The molecule has 26 heavy (non-hydrogen) atoms. The van der Waals surface area contributed by atoms with Crippen molar-refractivity contribution in [3.8, 4) is 0 Å². The summed E-state index contributed by atoms with van der Waals surface area (Å²) in [5.74, 6) is -0.919. The molecule has 1 aromatic carbocycles. The summed E-state index contributed by atoms with van der Waals surface area (Å²) >= 11 is 0. The van der Waals surface area contributed by atoms with Gasteiger partial charge in [0.15, 0.2) is 5.82 Å². The molecule has 0 spiro atoms. The molecular formula is C17H20F2N4O3. The molecule has 1 unspecified atom stereocenters. The van der Waals surface area contributed by atoms with E-state index in [0.717, 1.165) is 6.07 Å². The number of morpholine rings is 1. The monoisotopic (exact) mass is 366 g/mol. The summed E-state index contributed by atoms with van der Waals surface area (Å²) in [4.78, 5) is 14.0. The molecule has 1 N–H and O–H groups in total. The molecule has 0 saturated carbocycles. The number of nitrogens with one attached hydrogen (secondary N) is 1. The molecule has 1 aliphatic heterocycles. The number of rotatable bonds is 5. The number of nitrogens with zero attached hydrogens (tertiary/aromatic N) is 3. The lowest BCUT2D eigenvalue weighted by atomic mass is 10.1. The maximum Gasteiger partial charge on any atom is 0.323 e. The number of ether oxygens (including phenoxy) is 2. The molecule has 2 amide bonds. The first kappa shape index (κ1) is 18.3. The van der Waals surface area contributed by atoms with Crippen LogP contribution in [0.25, 0.3) is 0 Å².